The molecule has 0 bridgehead atoms. The van der Waals surface area contributed by atoms with Crippen LogP contribution in [0.25, 0.3) is 6.08 Å². The van der Waals surface area contributed by atoms with Gasteiger partial charge in [0.05, 0.1) is 16.6 Å². The van der Waals surface area contributed by atoms with Gasteiger partial charge in [0.1, 0.15) is 15.4 Å². The normalized spacial score (nSPS) is 16.5. The van der Waals surface area contributed by atoms with E-state index in [2.05, 4.69) is 15.6 Å². The number of hydrogen-bond donors (Lipinski definition) is 2. The molecule has 7 nitrogen and oxygen atoms in total. The molecule has 14 heteroatoms. The van der Waals surface area contributed by atoms with Gasteiger partial charge in [0, 0.05) is 29.9 Å². The molecule has 2 aromatic heterocycles. The van der Waals surface area contributed by atoms with Crippen molar-refractivity contribution in [3.05, 3.63) is 47.1 Å². The Kier molecular flexibility index (Phi) is 8.37. The zero-order valence-corrected chi connectivity index (χ0v) is 21.0. The molecule has 0 aromatic carbocycles. The van der Waals surface area contributed by atoms with Gasteiger partial charge in [-0.2, -0.15) is 0 Å². The molecule has 1 fully saturated rings. The lowest BCUT2D eigenvalue weighted by Gasteiger charge is -2.30. The first kappa shape index (κ1) is 24.9. The third-order valence-corrected chi connectivity index (χ3v) is 8.51. The van der Waals surface area contributed by atoms with E-state index < -0.39 is 15.2 Å². The Hall–Kier alpha value is -0.780. The number of anilines is 1. The molecule has 1 aliphatic heterocycles. The number of sulfone groups is 1. The van der Waals surface area contributed by atoms with E-state index in [1.165, 1.54) is 17.4 Å². The number of halogens is 5. The van der Waals surface area contributed by atoms with Gasteiger partial charge in [-0.3, -0.25) is 9.69 Å². The summed E-state index contributed by atoms with van der Waals surface area (Å²) in [5, 5.41) is 4.99. The molecular formula is C17H15Cl5N4O3S2. The predicted molar refractivity (Wildman–Crippen MR) is 128 cm³/mol. The average molecular weight is 565 g/mol. The quantitative estimate of drug-likeness (QED) is 0.475. The Balaban J connectivity index is 1.94. The van der Waals surface area contributed by atoms with Crippen LogP contribution in [-0.4, -0.2) is 55.8 Å². The highest BCUT2D eigenvalue weighted by Gasteiger charge is 2.30. The first-order chi connectivity index (χ1) is 14.6. The zero-order valence-electron chi connectivity index (χ0n) is 15.5. The van der Waals surface area contributed by atoms with E-state index in [4.69, 9.17) is 58.0 Å². The second-order valence-electron chi connectivity index (χ2n) is 6.45. The van der Waals surface area contributed by atoms with Crippen LogP contribution in [0.1, 0.15) is 4.88 Å². The Labute approximate surface area is 208 Å². The number of nitrogens with zero attached hydrogens (tertiary/aromatic N) is 2. The van der Waals surface area contributed by atoms with Gasteiger partial charge in [-0.15, -0.1) is 11.3 Å². The molecule has 31 heavy (non-hydrogen) atoms. The molecule has 168 valence electrons. The maximum absolute atomic E-state index is 13.2. The maximum atomic E-state index is 13.2. The Morgan fingerprint density at radius 2 is 1.87 bits per heavy atom. The van der Waals surface area contributed by atoms with Gasteiger partial charge in [0.2, 0.25) is 5.91 Å². The van der Waals surface area contributed by atoms with Gasteiger partial charge >= 0.3 is 0 Å². The highest BCUT2D eigenvalue weighted by molar-refractivity contribution is 7.95. The largest absolute Gasteiger partial charge is 0.365 e. The number of amides is 1. The van der Waals surface area contributed by atoms with E-state index in [-0.39, 0.29) is 45.0 Å². The minimum Gasteiger partial charge on any atom is -0.365 e. The summed E-state index contributed by atoms with van der Waals surface area (Å²) in [5.41, 5.74) is 0.0379. The number of carbonyl (C=O) groups excluding carboxylic acids is 1. The van der Waals surface area contributed by atoms with Crippen LogP contribution in [-0.2, 0) is 14.6 Å². The second kappa shape index (κ2) is 10.4. The fourth-order valence-corrected chi connectivity index (χ4v) is 5.87. The van der Waals surface area contributed by atoms with E-state index in [0.29, 0.717) is 22.3 Å². The van der Waals surface area contributed by atoms with Crippen LogP contribution in [0, 0.1) is 0 Å². The lowest BCUT2D eigenvalue weighted by Crippen LogP contribution is -2.51. The number of nitrogens with one attached hydrogen (secondary N) is 2. The van der Waals surface area contributed by atoms with Gasteiger partial charge < -0.3 is 10.6 Å². The summed E-state index contributed by atoms with van der Waals surface area (Å²) in [6.07, 6.45) is 1.44. The van der Waals surface area contributed by atoms with Gasteiger partial charge in [0.15, 0.2) is 20.1 Å². The SMILES string of the molecule is O=C1CN(CC(Nc2c(Cl)c(Cl)nc(Cl)c2Cl)S(=O)(=O)C=Cc2ccc(Cl)s2)CCN1. The van der Waals surface area contributed by atoms with E-state index in [0.717, 1.165) is 5.41 Å². The van der Waals surface area contributed by atoms with Crippen LogP contribution in [0.3, 0.4) is 0 Å². The summed E-state index contributed by atoms with van der Waals surface area (Å²) < 4.78 is 26.9. The number of carbonyl (C=O) groups is 1. The maximum Gasteiger partial charge on any atom is 0.234 e. The lowest BCUT2D eigenvalue weighted by atomic mass is 10.3. The molecule has 1 aliphatic rings. The van der Waals surface area contributed by atoms with E-state index >= 15 is 0 Å². The highest BCUT2D eigenvalue weighted by atomic mass is 35.5. The molecule has 0 spiro atoms. The van der Waals surface area contributed by atoms with Crippen LogP contribution in [0.5, 0.6) is 0 Å². The van der Waals surface area contributed by atoms with Gasteiger partial charge in [0.25, 0.3) is 0 Å². The predicted octanol–water partition coefficient (Wildman–Crippen LogP) is 4.67. The van der Waals surface area contributed by atoms with Crippen molar-refractivity contribution in [1.29, 1.82) is 0 Å². The number of thiophene rings is 1. The monoisotopic (exact) mass is 562 g/mol. The molecule has 0 aliphatic carbocycles. The number of hydrogen-bond acceptors (Lipinski definition) is 7. The van der Waals surface area contributed by atoms with Crippen molar-refractivity contribution in [2.45, 2.75) is 5.37 Å². The molecule has 3 heterocycles. The third-order valence-electron chi connectivity index (χ3n) is 4.26. The lowest BCUT2D eigenvalue weighted by molar-refractivity contribution is -0.124. The summed E-state index contributed by atoms with van der Waals surface area (Å²) in [5.74, 6) is -0.197. The fourth-order valence-electron chi connectivity index (χ4n) is 2.76. The summed E-state index contributed by atoms with van der Waals surface area (Å²) in [6.45, 7) is 0.916. The number of rotatable bonds is 7. The second-order valence-corrected chi connectivity index (χ2v) is 11.7. The molecular weight excluding hydrogens is 550 g/mol. The minimum absolute atomic E-state index is 0.0183. The van der Waals surface area contributed by atoms with Crippen molar-refractivity contribution < 1.29 is 13.2 Å². The standard InChI is InChI=1S/C17H15Cl5N4O3S2/c18-10-2-1-9(30-10)3-6-31(28,29)12(8-26-5-4-23-11(27)7-26)24-15-13(19)16(21)25-17(22)14(15)20/h1-3,6,12H,4-5,7-8H2,(H,23,27)(H,24,25). The first-order valence-electron chi connectivity index (χ1n) is 8.69. The van der Waals surface area contributed by atoms with Crippen molar-refractivity contribution in [2.24, 2.45) is 0 Å². The van der Waals surface area contributed by atoms with E-state index in [1.54, 1.807) is 17.0 Å². The van der Waals surface area contributed by atoms with Crippen LogP contribution in [0.2, 0.25) is 24.7 Å². The Morgan fingerprint density at radius 1 is 1.19 bits per heavy atom. The Morgan fingerprint density at radius 3 is 2.45 bits per heavy atom. The van der Waals surface area contributed by atoms with Crippen LogP contribution < -0.4 is 10.6 Å². The van der Waals surface area contributed by atoms with Crippen molar-refractivity contribution in [1.82, 2.24) is 15.2 Å². The summed E-state index contributed by atoms with van der Waals surface area (Å²) in [4.78, 5) is 17.9. The van der Waals surface area contributed by atoms with Crippen molar-refractivity contribution in [2.75, 3.05) is 31.5 Å². The molecule has 2 N–H and O–H groups in total. The molecule has 3 rings (SSSR count). The van der Waals surface area contributed by atoms with Crippen molar-refractivity contribution >= 4 is 96.8 Å². The van der Waals surface area contributed by atoms with Crippen molar-refractivity contribution in [3.8, 4) is 0 Å². The number of pyridine rings is 1. The molecule has 1 atom stereocenters. The summed E-state index contributed by atoms with van der Waals surface area (Å²) >= 11 is 31.5. The molecule has 1 saturated heterocycles. The molecule has 0 radical (unpaired) electrons. The minimum atomic E-state index is -3.91. The fraction of sp³-hybridized carbons (Fsp3) is 0.294. The van der Waals surface area contributed by atoms with Gasteiger partial charge in [-0.25, -0.2) is 13.4 Å². The number of aromatic nitrogens is 1. The van der Waals surface area contributed by atoms with Crippen LogP contribution in [0.15, 0.2) is 17.5 Å². The van der Waals surface area contributed by atoms with Crippen LogP contribution in [0.4, 0.5) is 5.69 Å². The zero-order chi connectivity index (χ0) is 22.8. The first-order valence-corrected chi connectivity index (χ1v) is 13.0. The van der Waals surface area contributed by atoms with Gasteiger partial charge in [-0.05, 0) is 18.2 Å². The summed E-state index contributed by atoms with van der Waals surface area (Å²) in [6, 6.07) is 3.37. The smallest absolute Gasteiger partial charge is 0.234 e. The number of piperazine rings is 1. The van der Waals surface area contributed by atoms with Crippen molar-refractivity contribution in [3.63, 3.8) is 0 Å². The molecule has 0 saturated carbocycles. The summed E-state index contributed by atoms with van der Waals surface area (Å²) in [7, 11) is -3.91. The average Bonchev–Trinajstić information content (AvgIpc) is 3.12. The van der Waals surface area contributed by atoms with E-state index in [1.807, 2.05) is 0 Å². The van der Waals surface area contributed by atoms with E-state index in [9.17, 15) is 13.2 Å². The molecule has 1 amide bonds. The van der Waals surface area contributed by atoms with Crippen LogP contribution >= 0.6 is 69.3 Å². The Bertz CT molecular complexity index is 1100. The molecule has 1 unspecified atom stereocenters. The third kappa shape index (κ3) is 6.39. The topological polar surface area (TPSA) is 91.4 Å². The van der Waals surface area contributed by atoms with Gasteiger partial charge in [-0.1, -0.05) is 58.0 Å². The molecule has 2 aromatic rings. The highest BCUT2D eigenvalue weighted by Crippen LogP contribution is 2.39.